The number of amides is 2. The van der Waals surface area contributed by atoms with Crippen molar-refractivity contribution in [1.82, 2.24) is 0 Å². The highest BCUT2D eigenvalue weighted by Gasteiger charge is 2.36. The van der Waals surface area contributed by atoms with Crippen LogP contribution in [0.25, 0.3) is 0 Å². The Morgan fingerprint density at radius 2 is 1.50 bits per heavy atom. The van der Waals surface area contributed by atoms with E-state index in [2.05, 4.69) is 17.6 Å². The summed E-state index contributed by atoms with van der Waals surface area (Å²) in [4.78, 5) is 37.5. The molecule has 148 valence electrons. The number of hydrogen-bond donors (Lipinski definition) is 2. The molecule has 2 rings (SSSR count). The van der Waals surface area contributed by atoms with E-state index in [0.717, 1.165) is 12.0 Å². The molecule has 0 atom stereocenters. The lowest BCUT2D eigenvalue weighted by Gasteiger charge is -2.23. The van der Waals surface area contributed by atoms with Crippen molar-refractivity contribution in [3.8, 4) is 0 Å². The monoisotopic (exact) mass is 382 g/mol. The highest BCUT2D eigenvalue weighted by atomic mass is 16.5. The van der Waals surface area contributed by atoms with Crippen LogP contribution in [0.4, 0.5) is 11.4 Å². The molecule has 6 nitrogen and oxygen atoms in total. The first-order chi connectivity index (χ1) is 13.3. The van der Waals surface area contributed by atoms with Crippen molar-refractivity contribution < 1.29 is 19.1 Å². The number of carbonyl (C=O) groups is 3. The van der Waals surface area contributed by atoms with Crippen LogP contribution in [0.2, 0.25) is 0 Å². The largest absolute Gasteiger partial charge is 0.462 e. The summed E-state index contributed by atoms with van der Waals surface area (Å²) in [6, 6.07) is 14.0. The van der Waals surface area contributed by atoms with Gasteiger partial charge in [0.05, 0.1) is 17.9 Å². The molecule has 0 radical (unpaired) electrons. The first kappa shape index (κ1) is 21.2. The smallest absolute Gasteiger partial charge is 0.340 e. The van der Waals surface area contributed by atoms with E-state index in [1.807, 2.05) is 12.1 Å². The van der Waals surface area contributed by atoms with Crippen LogP contribution in [-0.2, 0) is 20.7 Å². The molecule has 0 heterocycles. The predicted octanol–water partition coefficient (Wildman–Crippen LogP) is 4.03. The molecule has 0 unspecified atom stereocenters. The molecule has 0 aliphatic carbocycles. The SMILES string of the molecule is CCOC(=O)c1ccccc1NC(=O)C(C)(C)C(=O)Nc1ccc(CC)cc1. The average molecular weight is 382 g/mol. The maximum absolute atomic E-state index is 12.8. The number of benzene rings is 2. The molecule has 0 aliphatic heterocycles. The zero-order valence-corrected chi connectivity index (χ0v) is 16.7. The fraction of sp³-hybridized carbons (Fsp3) is 0.318. The molecule has 0 saturated carbocycles. The molecule has 0 spiro atoms. The number of ether oxygens (including phenoxy) is 1. The fourth-order valence-electron chi connectivity index (χ4n) is 2.47. The van der Waals surface area contributed by atoms with Gasteiger partial charge in [-0.15, -0.1) is 0 Å². The lowest BCUT2D eigenvalue weighted by atomic mass is 9.90. The van der Waals surface area contributed by atoms with Crippen LogP contribution in [0.3, 0.4) is 0 Å². The van der Waals surface area contributed by atoms with E-state index >= 15 is 0 Å². The second-order valence-electron chi connectivity index (χ2n) is 6.85. The van der Waals surface area contributed by atoms with Gasteiger partial charge in [-0.3, -0.25) is 9.59 Å². The Balaban J connectivity index is 2.13. The Labute approximate surface area is 165 Å². The molecule has 0 bridgehead atoms. The van der Waals surface area contributed by atoms with Crippen LogP contribution < -0.4 is 10.6 Å². The average Bonchev–Trinajstić information content (AvgIpc) is 2.69. The van der Waals surface area contributed by atoms with Gasteiger partial charge in [-0.25, -0.2) is 4.79 Å². The number of nitrogens with one attached hydrogen (secondary N) is 2. The first-order valence-electron chi connectivity index (χ1n) is 9.27. The standard InChI is InChI=1S/C22H26N2O4/c1-5-15-11-13-16(14-12-15)23-20(26)22(3,4)21(27)24-18-10-8-7-9-17(18)19(25)28-6-2/h7-14H,5-6H2,1-4H3,(H,23,26)(H,24,27). The molecule has 0 fully saturated rings. The van der Waals surface area contributed by atoms with Gasteiger partial charge in [-0.05, 0) is 57.0 Å². The topological polar surface area (TPSA) is 84.5 Å². The van der Waals surface area contributed by atoms with Crippen molar-refractivity contribution in [1.29, 1.82) is 0 Å². The molecule has 0 saturated heterocycles. The summed E-state index contributed by atoms with van der Waals surface area (Å²) >= 11 is 0. The van der Waals surface area contributed by atoms with Gasteiger partial charge in [0, 0.05) is 5.69 Å². The van der Waals surface area contributed by atoms with Gasteiger partial charge < -0.3 is 15.4 Å². The van der Waals surface area contributed by atoms with Crippen molar-refractivity contribution in [3.63, 3.8) is 0 Å². The van der Waals surface area contributed by atoms with E-state index in [1.54, 1.807) is 43.3 Å². The Morgan fingerprint density at radius 1 is 0.893 bits per heavy atom. The summed E-state index contributed by atoms with van der Waals surface area (Å²) in [5.74, 6) is -1.49. The van der Waals surface area contributed by atoms with Crippen LogP contribution in [-0.4, -0.2) is 24.4 Å². The van der Waals surface area contributed by atoms with Gasteiger partial charge in [0.25, 0.3) is 0 Å². The quantitative estimate of drug-likeness (QED) is 0.559. The maximum Gasteiger partial charge on any atom is 0.340 e. The van der Waals surface area contributed by atoms with Crippen molar-refractivity contribution in [2.75, 3.05) is 17.2 Å². The van der Waals surface area contributed by atoms with Crippen molar-refractivity contribution in [2.45, 2.75) is 34.1 Å². The Morgan fingerprint density at radius 3 is 2.11 bits per heavy atom. The van der Waals surface area contributed by atoms with Crippen LogP contribution in [0, 0.1) is 5.41 Å². The molecule has 0 aromatic heterocycles. The zero-order chi connectivity index (χ0) is 20.7. The maximum atomic E-state index is 12.8. The minimum absolute atomic E-state index is 0.228. The molecule has 2 N–H and O–H groups in total. The number of para-hydroxylation sites is 1. The summed E-state index contributed by atoms with van der Waals surface area (Å²) < 4.78 is 5.01. The molecule has 6 heteroatoms. The minimum atomic E-state index is -1.36. The number of aryl methyl sites for hydroxylation is 1. The fourth-order valence-corrected chi connectivity index (χ4v) is 2.47. The van der Waals surface area contributed by atoms with Gasteiger partial charge in [0.2, 0.25) is 11.8 Å². The van der Waals surface area contributed by atoms with Crippen LogP contribution in [0.15, 0.2) is 48.5 Å². The minimum Gasteiger partial charge on any atom is -0.462 e. The lowest BCUT2D eigenvalue weighted by molar-refractivity contribution is -0.135. The van der Waals surface area contributed by atoms with Crippen molar-refractivity contribution in [3.05, 3.63) is 59.7 Å². The summed E-state index contributed by atoms with van der Waals surface area (Å²) in [7, 11) is 0. The number of hydrogen-bond acceptors (Lipinski definition) is 4. The Bertz CT molecular complexity index is 857. The number of rotatable bonds is 7. The molecule has 2 amide bonds. The summed E-state index contributed by atoms with van der Waals surface area (Å²) in [6.07, 6.45) is 0.905. The molecule has 2 aromatic carbocycles. The van der Waals surface area contributed by atoms with E-state index in [9.17, 15) is 14.4 Å². The highest BCUT2D eigenvalue weighted by Crippen LogP contribution is 2.24. The van der Waals surface area contributed by atoms with E-state index < -0.39 is 23.2 Å². The van der Waals surface area contributed by atoms with Crippen molar-refractivity contribution in [2.24, 2.45) is 5.41 Å². The number of carbonyl (C=O) groups excluding carboxylic acids is 3. The van der Waals surface area contributed by atoms with Gasteiger partial charge in [0.15, 0.2) is 0 Å². The summed E-state index contributed by atoms with van der Waals surface area (Å²) in [5.41, 5.74) is 0.967. The Hall–Kier alpha value is -3.15. The molecule has 0 aliphatic rings. The van der Waals surface area contributed by atoms with E-state index in [-0.39, 0.29) is 12.2 Å². The molecular weight excluding hydrogens is 356 g/mol. The number of esters is 1. The molecular formula is C22H26N2O4. The van der Waals surface area contributed by atoms with E-state index in [1.165, 1.54) is 13.8 Å². The van der Waals surface area contributed by atoms with Gasteiger partial charge in [0.1, 0.15) is 5.41 Å². The normalized spacial score (nSPS) is 10.9. The molecule has 28 heavy (non-hydrogen) atoms. The van der Waals surface area contributed by atoms with Crippen LogP contribution >= 0.6 is 0 Å². The third kappa shape index (κ3) is 4.97. The third-order valence-corrected chi connectivity index (χ3v) is 4.43. The lowest BCUT2D eigenvalue weighted by Crippen LogP contribution is -2.41. The third-order valence-electron chi connectivity index (χ3n) is 4.43. The van der Waals surface area contributed by atoms with E-state index in [0.29, 0.717) is 11.4 Å². The van der Waals surface area contributed by atoms with Gasteiger partial charge in [-0.1, -0.05) is 31.2 Å². The highest BCUT2D eigenvalue weighted by molar-refractivity contribution is 6.15. The zero-order valence-electron chi connectivity index (χ0n) is 16.7. The van der Waals surface area contributed by atoms with Crippen LogP contribution in [0.1, 0.15) is 43.6 Å². The van der Waals surface area contributed by atoms with Crippen LogP contribution in [0.5, 0.6) is 0 Å². The van der Waals surface area contributed by atoms with Gasteiger partial charge in [-0.2, -0.15) is 0 Å². The molecule has 2 aromatic rings. The first-order valence-corrected chi connectivity index (χ1v) is 9.27. The van der Waals surface area contributed by atoms with Crippen molar-refractivity contribution >= 4 is 29.2 Å². The van der Waals surface area contributed by atoms with E-state index in [4.69, 9.17) is 4.74 Å². The second-order valence-corrected chi connectivity index (χ2v) is 6.85. The predicted molar refractivity (Wildman–Crippen MR) is 109 cm³/mol. The van der Waals surface area contributed by atoms with Gasteiger partial charge >= 0.3 is 5.97 Å². The summed E-state index contributed by atoms with van der Waals surface area (Å²) in [5, 5.41) is 5.44. The number of anilines is 2. The summed E-state index contributed by atoms with van der Waals surface area (Å²) in [6.45, 7) is 7.05. The Kier molecular flexibility index (Phi) is 6.93. The second kappa shape index (κ2) is 9.17.